The van der Waals surface area contributed by atoms with Crippen molar-refractivity contribution in [2.75, 3.05) is 19.5 Å². The molecule has 0 aliphatic carbocycles. The van der Waals surface area contributed by atoms with Crippen LogP contribution in [0.3, 0.4) is 0 Å². The first kappa shape index (κ1) is 13.5. The number of nitrogens with one attached hydrogen (secondary N) is 1. The van der Waals surface area contributed by atoms with Crippen LogP contribution >= 0.6 is 0 Å². The van der Waals surface area contributed by atoms with Crippen LogP contribution in [0.4, 0.5) is 5.69 Å². The standard InChI is InChI=1S/C13H20N2O2/c1-4-11(8-17-3)15-13(16)10-5-6-12(14)9(2)7-10/h5-7,11H,4,8,14H2,1-3H3,(H,15,16). The maximum atomic E-state index is 11.9. The van der Waals surface area contributed by atoms with Crippen LogP contribution in [0.1, 0.15) is 29.3 Å². The van der Waals surface area contributed by atoms with E-state index in [1.807, 2.05) is 13.8 Å². The molecule has 1 aromatic rings. The number of carbonyl (C=O) groups excluding carboxylic acids is 1. The molecule has 0 saturated heterocycles. The number of carbonyl (C=O) groups is 1. The van der Waals surface area contributed by atoms with Crippen molar-refractivity contribution in [1.29, 1.82) is 0 Å². The lowest BCUT2D eigenvalue weighted by molar-refractivity contribution is 0.0894. The van der Waals surface area contributed by atoms with Gasteiger partial charge < -0.3 is 15.8 Å². The Balaban J connectivity index is 2.72. The monoisotopic (exact) mass is 236 g/mol. The molecule has 0 bridgehead atoms. The van der Waals surface area contributed by atoms with E-state index in [2.05, 4.69) is 5.32 Å². The van der Waals surface area contributed by atoms with Crippen LogP contribution in [-0.4, -0.2) is 25.7 Å². The van der Waals surface area contributed by atoms with E-state index in [9.17, 15) is 4.79 Å². The number of benzene rings is 1. The second-order valence-corrected chi connectivity index (χ2v) is 4.11. The summed E-state index contributed by atoms with van der Waals surface area (Å²) in [5, 5.41) is 2.93. The maximum absolute atomic E-state index is 11.9. The van der Waals surface area contributed by atoms with Gasteiger partial charge in [0.25, 0.3) is 5.91 Å². The third-order valence-corrected chi connectivity index (χ3v) is 2.73. The zero-order chi connectivity index (χ0) is 12.8. The number of rotatable bonds is 5. The molecule has 4 heteroatoms. The Labute approximate surface area is 102 Å². The average molecular weight is 236 g/mol. The molecule has 3 N–H and O–H groups in total. The van der Waals surface area contributed by atoms with Crippen molar-refractivity contribution < 1.29 is 9.53 Å². The fraction of sp³-hybridized carbons (Fsp3) is 0.462. The van der Waals surface area contributed by atoms with Gasteiger partial charge in [-0.1, -0.05) is 6.92 Å². The molecule has 0 aliphatic rings. The van der Waals surface area contributed by atoms with E-state index in [1.165, 1.54) is 0 Å². The number of hydrogen-bond acceptors (Lipinski definition) is 3. The van der Waals surface area contributed by atoms with Gasteiger partial charge in [0.05, 0.1) is 12.6 Å². The van der Waals surface area contributed by atoms with E-state index >= 15 is 0 Å². The first-order chi connectivity index (χ1) is 8.08. The summed E-state index contributed by atoms with van der Waals surface area (Å²) in [4.78, 5) is 11.9. The second kappa shape index (κ2) is 6.25. The minimum absolute atomic E-state index is 0.0466. The zero-order valence-electron chi connectivity index (χ0n) is 10.6. The number of anilines is 1. The van der Waals surface area contributed by atoms with Gasteiger partial charge in [-0.25, -0.2) is 0 Å². The molecule has 0 spiro atoms. The average Bonchev–Trinajstić information content (AvgIpc) is 2.31. The fourth-order valence-electron chi connectivity index (χ4n) is 1.55. The molecule has 0 aliphatic heterocycles. The largest absolute Gasteiger partial charge is 0.399 e. The Bertz CT molecular complexity index is 391. The second-order valence-electron chi connectivity index (χ2n) is 4.11. The van der Waals surface area contributed by atoms with Crippen molar-refractivity contribution in [1.82, 2.24) is 5.32 Å². The van der Waals surface area contributed by atoms with Crippen molar-refractivity contribution >= 4 is 11.6 Å². The smallest absolute Gasteiger partial charge is 0.251 e. The van der Waals surface area contributed by atoms with Crippen molar-refractivity contribution in [3.8, 4) is 0 Å². The number of aryl methyl sites for hydroxylation is 1. The predicted molar refractivity (Wildman–Crippen MR) is 69.0 cm³/mol. The predicted octanol–water partition coefficient (Wildman–Crippen LogP) is 1.73. The highest BCUT2D eigenvalue weighted by Gasteiger charge is 2.12. The van der Waals surface area contributed by atoms with Crippen molar-refractivity contribution in [2.45, 2.75) is 26.3 Å². The van der Waals surface area contributed by atoms with Crippen LogP contribution in [-0.2, 0) is 4.74 Å². The fourth-order valence-corrected chi connectivity index (χ4v) is 1.55. The molecule has 1 amide bonds. The van der Waals surface area contributed by atoms with Gasteiger partial charge in [-0.15, -0.1) is 0 Å². The number of hydrogen-bond donors (Lipinski definition) is 2. The Morgan fingerprint density at radius 3 is 2.76 bits per heavy atom. The summed E-state index contributed by atoms with van der Waals surface area (Å²) in [5.41, 5.74) is 7.96. The SMILES string of the molecule is CCC(COC)NC(=O)c1ccc(N)c(C)c1. The van der Waals surface area contributed by atoms with Gasteiger partial charge in [-0.3, -0.25) is 4.79 Å². The van der Waals surface area contributed by atoms with E-state index in [4.69, 9.17) is 10.5 Å². The van der Waals surface area contributed by atoms with Crippen LogP contribution < -0.4 is 11.1 Å². The van der Waals surface area contributed by atoms with Gasteiger partial charge in [-0.05, 0) is 37.1 Å². The highest BCUT2D eigenvalue weighted by Crippen LogP contribution is 2.12. The summed E-state index contributed by atoms with van der Waals surface area (Å²) in [6.07, 6.45) is 0.841. The molecule has 0 aromatic heterocycles. The summed E-state index contributed by atoms with van der Waals surface area (Å²) >= 11 is 0. The van der Waals surface area contributed by atoms with Gasteiger partial charge in [-0.2, -0.15) is 0 Å². The lowest BCUT2D eigenvalue weighted by atomic mass is 10.1. The van der Waals surface area contributed by atoms with E-state index < -0.39 is 0 Å². The molecular formula is C13H20N2O2. The molecule has 0 heterocycles. The normalized spacial score (nSPS) is 12.2. The van der Waals surface area contributed by atoms with Crippen LogP contribution in [0.15, 0.2) is 18.2 Å². The number of nitrogen functional groups attached to an aromatic ring is 1. The van der Waals surface area contributed by atoms with Crippen molar-refractivity contribution in [2.24, 2.45) is 0 Å². The summed E-state index contributed by atoms with van der Waals surface area (Å²) < 4.78 is 5.04. The van der Waals surface area contributed by atoms with E-state index in [-0.39, 0.29) is 11.9 Å². The minimum atomic E-state index is -0.0861. The van der Waals surface area contributed by atoms with E-state index in [0.29, 0.717) is 17.9 Å². The van der Waals surface area contributed by atoms with Crippen LogP contribution in [0.2, 0.25) is 0 Å². The molecular weight excluding hydrogens is 216 g/mol. The molecule has 4 nitrogen and oxygen atoms in total. The summed E-state index contributed by atoms with van der Waals surface area (Å²) in [6, 6.07) is 5.33. The van der Waals surface area contributed by atoms with Gasteiger partial charge in [0.1, 0.15) is 0 Å². The number of methoxy groups -OCH3 is 1. The molecule has 17 heavy (non-hydrogen) atoms. The number of amides is 1. The van der Waals surface area contributed by atoms with Crippen LogP contribution in [0.5, 0.6) is 0 Å². The molecule has 1 atom stereocenters. The lowest BCUT2D eigenvalue weighted by Gasteiger charge is -2.16. The van der Waals surface area contributed by atoms with E-state index in [0.717, 1.165) is 12.0 Å². The molecule has 0 radical (unpaired) electrons. The highest BCUT2D eigenvalue weighted by molar-refractivity contribution is 5.95. The molecule has 94 valence electrons. The molecule has 0 fully saturated rings. The van der Waals surface area contributed by atoms with E-state index in [1.54, 1.807) is 25.3 Å². The number of nitrogens with two attached hydrogens (primary N) is 1. The minimum Gasteiger partial charge on any atom is -0.399 e. The summed E-state index contributed by atoms with van der Waals surface area (Å²) in [5.74, 6) is -0.0861. The maximum Gasteiger partial charge on any atom is 0.251 e. The molecule has 1 unspecified atom stereocenters. The van der Waals surface area contributed by atoms with Crippen LogP contribution in [0, 0.1) is 6.92 Å². The van der Waals surface area contributed by atoms with Gasteiger partial charge >= 0.3 is 0 Å². The first-order valence-electron chi connectivity index (χ1n) is 5.74. The Kier molecular flexibility index (Phi) is 4.97. The highest BCUT2D eigenvalue weighted by atomic mass is 16.5. The summed E-state index contributed by atoms with van der Waals surface area (Å²) in [6.45, 7) is 4.42. The molecule has 1 aromatic carbocycles. The van der Waals surface area contributed by atoms with Gasteiger partial charge in [0.15, 0.2) is 0 Å². The lowest BCUT2D eigenvalue weighted by Crippen LogP contribution is -2.37. The Morgan fingerprint density at radius 1 is 1.53 bits per heavy atom. The Morgan fingerprint density at radius 2 is 2.24 bits per heavy atom. The van der Waals surface area contributed by atoms with Crippen molar-refractivity contribution in [3.63, 3.8) is 0 Å². The topological polar surface area (TPSA) is 64.3 Å². The van der Waals surface area contributed by atoms with Crippen LogP contribution in [0.25, 0.3) is 0 Å². The van der Waals surface area contributed by atoms with Gasteiger partial charge in [0, 0.05) is 18.4 Å². The first-order valence-corrected chi connectivity index (χ1v) is 5.74. The number of ether oxygens (including phenoxy) is 1. The van der Waals surface area contributed by atoms with Gasteiger partial charge in [0.2, 0.25) is 0 Å². The third kappa shape index (κ3) is 3.75. The quantitative estimate of drug-likeness (QED) is 0.765. The van der Waals surface area contributed by atoms with Crippen molar-refractivity contribution in [3.05, 3.63) is 29.3 Å². The summed E-state index contributed by atoms with van der Waals surface area (Å²) in [7, 11) is 1.63. The molecule has 0 saturated carbocycles. The third-order valence-electron chi connectivity index (χ3n) is 2.73. The Hall–Kier alpha value is -1.55. The molecule has 1 rings (SSSR count). The zero-order valence-corrected chi connectivity index (χ0v) is 10.6.